The second-order valence-corrected chi connectivity index (χ2v) is 8.96. The zero-order chi connectivity index (χ0) is 23.2. The first-order chi connectivity index (χ1) is 16.0. The summed E-state index contributed by atoms with van der Waals surface area (Å²) in [6, 6.07) is 13.6. The van der Waals surface area contributed by atoms with E-state index in [-0.39, 0.29) is 23.7 Å². The monoisotopic (exact) mass is 451 g/mol. The number of para-hydroxylation sites is 1. The second kappa shape index (κ2) is 10.6. The van der Waals surface area contributed by atoms with Gasteiger partial charge in [0.25, 0.3) is 5.91 Å². The van der Waals surface area contributed by atoms with Crippen molar-refractivity contribution in [2.24, 2.45) is 11.8 Å². The molecule has 2 N–H and O–H groups in total. The number of nitrogens with one attached hydrogen (secondary N) is 2. The van der Waals surface area contributed by atoms with Gasteiger partial charge in [0, 0.05) is 30.3 Å². The smallest absolute Gasteiger partial charge is 0.251 e. The molecule has 6 nitrogen and oxygen atoms in total. The molecule has 1 aliphatic heterocycles. The number of amides is 3. The van der Waals surface area contributed by atoms with Gasteiger partial charge in [-0.15, -0.1) is 0 Å². The van der Waals surface area contributed by atoms with Crippen LogP contribution in [0.3, 0.4) is 0 Å². The van der Waals surface area contributed by atoms with Crippen LogP contribution in [-0.4, -0.2) is 41.8 Å². The van der Waals surface area contributed by atoms with Crippen LogP contribution < -0.4 is 10.6 Å². The van der Waals surface area contributed by atoms with E-state index < -0.39 is 17.8 Å². The standard InChI is InChI=1S/C26H30FN3O3/c27-21-12-10-19(11-13-21)24(31)29-23(25(32)28-22-8-2-1-3-9-22)18-14-16-30(17-15-18)26(33)20-6-4-5-7-20/h1-3,8-13,18,20,23H,4-7,14-17H2,(H,28,32)(H,29,31). The molecule has 174 valence electrons. The van der Waals surface area contributed by atoms with Gasteiger partial charge in [0.2, 0.25) is 11.8 Å². The Hall–Kier alpha value is -3.22. The third kappa shape index (κ3) is 5.78. The summed E-state index contributed by atoms with van der Waals surface area (Å²) in [6.45, 7) is 1.17. The molecule has 4 rings (SSSR count). The molecular weight excluding hydrogens is 421 g/mol. The number of carbonyl (C=O) groups excluding carboxylic acids is 3. The molecule has 0 bridgehead atoms. The van der Waals surface area contributed by atoms with Crippen molar-refractivity contribution in [2.75, 3.05) is 18.4 Å². The molecule has 1 aliphatic carbocycles. The number of anilines is 1. The van der Waals surface area contributed by atoms with Crippen molar-refractivity contribution < 1.29 is 18.8 Å². The summed E-state index contributed by atoms with van der Waals surface area (Å²) in [5.41, 5.74) is 0.945. The number of benzene rings is 2. The van der Waals surface area contributed by atoms with E-state index in [0.717, 1.165) is 25.7 Å². The van der Waals surface area contributed by atoms with Crippen LogP contribution in [0, 0.1) is 17.7 Å². The molecule has 2 aromatic carbocycles. The number of likely N-dealkylation sites (tertiary alicyclic amines) is 1. The highest BCUT2D eigenvalue weighted by Gasteiger charge is 2.36. The van der Waals surface area contributed by atoms with Crippen LogP contribution in [0.5, 0.6) is 0 Å². The SMILES string of the molecule is O=C(NC(C(=O)Nc1ccccc1)C1CCN(C(=O)C2CCCC2)CC1)c1ccc(F)cc1. The van der Waals surface area contributed by atoms with E-state index >= 15 is 0 Å². The number of nitrogens with zero attached hydrogens (tertiary/aromatic N) is 1. The third-order valence-electron chi connectivity index (χ3n) is 6.74. The summed E-state index contributed by atoms with van der Waals surface area (Å²) in [5.74, 6) is -0.886. The molecular formula is C26H30FN3O3. The summed E-state index contributed by atoms with van der Waals surface area (Å²) in [6.07, 6.45) is 5.43. The van der Waals surface area contributed by atoms with Crippen molar-refractivity contribution in [1.29, 1.82) is 0 Å². The third-order valence-corrected chi connectivity index (χ3v) is 6.74. The summed E-state index contributed by atoms with van der Waals surface area (Å²) in [7, 11) is 0. The lowest BCUT2D eigenvalue weighted by molar-refractivity contribution is -0.137. The number of halogens is 1. The lowest BCUT2D eigenvalue weighted by Gasteiger charge is -2.36. The van der Waals surface area contributed by atoms with Gasteiger partial charge in [0.1, 0.15) is 11.9 Å². The average Bonchev–Trinajstić information content (AvgIpc) is 3.38. The predicted octanol–water partition coefficient (Wildman–Crippen LogP) is 3.99. The van der Waals surface area contributed by atoms with Crippen LogP contribution in [0.15, 0.2) is 54.6 Å². The Labute approximate surface area is 193 Å². The molecule has 1 saturated heterocycles. The van der Waals surface area contributed by atoms with Crippen LogP contribution in [0.1, 0.15) is 48.9 Å². The maximum Gasteiger partial charge on any atom is 0.251 e. The van der Waals surface area contributed by atoms with Gasteiger partial charge >= 0.3 is 0 Å². The molecule has 1 atom stereocenters. The van der Waals surface area contributed by atoms with Gasteiger partial charge in [-0.05, 0) is 68.0 Å². The van der Waals surface area contributed by atoms with Crippen LogP contribution in [0.2, 0.25) is 0 Å². The van der Waals surface area contributed by atoms with Gasteiger partial charge in [-0.25, -0.2) is 4.39 Å². The van der Waals surface area contributed by atoms with Crippen molar-refractivity contribution >= 4 is 23.4 Å². The molecule has 2 fully saturated rings. The first-order valence-electron chi connectivity index (χ1n) is 11.7. The van der Waals surface area contributed by atoms with Gasteiger partial charge in [-0.3, -0.25) is 14.4 Å². The van der Waals surface area contributed by atoms with Crippen LogP contribution in [0.4, 0.5) is 10.1 Å². The van der Waals surface area contributed by atoms with E-state index in [1.54, 1.807) is 12.1 Å². The number of rotatable bonds is 6. The number of hydrogen-bond donors (Lipinski definition) is 2. The summed E-state index contributed by atoms with van der Waals surface area (Å²) in [5, 5.41) is 5.75. The molecule has 2 aromatic rings. The van der Waals surface area contributed by atoms with Gasteiger partial charge < -0.3 is 15.5 Å². The highest BCUT2D eigenvalue weighted by atomic mass is 19.1. The molecule has 2 aliphatic rings. The lowest BCUT2D eigenvalue weighted by Crippen LogP contribution is -2.52. The fourth-order valence-electron chi connectivity index (χ4n) is 4.85. The Balaban J connectivity index is 1.45. The summed E-state index contributed by atoms with van der Waals surface area (Å²) < 4.78 is 13.3. The highest BCUT2D eigenvalue weighted by Crippen LogP contribution is 2.29. The van der Waals surface area contributed by atoms with Gasteiger partial charge in [0.05, 0.1) is 0 Å². The highest BCUT2D eigenvalue weighted by molar-refractivity contribution is 6.01. The minimum Gasteiger partial charge on any atom is -0.342 e. The predicted molar refractivity (Wildman–Crippen MR) is 124 cm³/mol. The molecule has 3 amide bonds. The van der Waals surface area contributed by atoms with Crippen molar-refractivity contribution in [1.82, 2.24) is 10.2 Å². The van der Waals surface area contributed by atoms with Crippen LogP contribution in [-0.2, 0) is 9.59 Å². The van der Waals surface area contributed by atoms with E-state index in [2.05, 4.69) is 10.6 Å². The van der Waals surface area contributed by atoms with Crippen LogP contribution in [0.25, 0.3) is 0 Å². The molecule has 1 heterocycles. The lowest BCUT2D eigenvalue weighted by atomic mass is 9.87. The van der Waals surface area contributed by atoms with E-state index in [0.29, 0.717) is 37.2 Å². The fourth-order valence-corrected chi connectivity index (χ4v) is 4.85. The molecule has 0 radical (unpaired) electrons. The zero-order valence-electron chi connectivity index (χ0n) is 18.6. The average molecular weight is 452 g/mol. The van der Waals surface area contributed by atoms with Crippen molar-refractivity contribution in [3.05, 3.63) is 66.0 Å². The zero-order valence-corrected chi connectivity index (χ0v) is 18.6. The van der Waals surface area contributed by atoms with Crippen LogP contribution >= 0.6 is 0 Å². The maximum atomic E-state index is 13.3. The maximum absolute atomic E-state index is 13.3. The van der Waals surface area contributed by atoms with E-state index in [4.69, 9.17) is 0 Å². The molecule has 1 unspecified atom stereocenters. The second-order valence-electron chi connectivity index (χ2n) is 8.96. The Morgan fingerprint density at radius 2 is 1.52 bits per heavy atom. The Morgan fingerprint density at radius 1 is 0.879 bits per heavy atom. The Morgan fingerprint density at radius 3 is 2.15 bits per heavy atom. The van der Waals surface area contributed by atoms with Crippen molar-refractivity contribution in [3.8, 4) is 0 Å². The van der Waals surface area contributed by atoms with Gasteiger partial charge in [0.15, 0.2) is 0 Å². The molecule has 7 heteroatoms. The van der Waals surface area contributed by atoms with Crippen molar-refractivity contribution in [2.45, 2.75) is 44.6 Å². The number of hydrogen-bond acceptors (Lipinski definition) is 3. The first-order valence-corrected chi connectivity index (χ1v) is 11.7. The molecule has 0 aromatic heterocycles. The molecule has 33 heavy (non-hydrogen) atoms. The van der Waals surface area contributed by atoms with Crippen molar-refractivity contribution in [3.63, 3.8) is 0 Å². The van der Waals surface area contributed by atoms with E-state index in [9.17, 15) is 18.8 Å². The Bertz CT molecular complexity index is 966. The number of carbonyl (C=O) groups is 3. The summed E-state index contributed by atoms with van der Waals surface area (Å²) >= 11 is 0. The topological polar surface area (TPSA) is 78.5 Å². The molecule has 0 spiro atoms. The normalized spacial score (nSPS) is 18.0. The first kappa shape index (κ1) is 23.0. The van der Waals surface area contributed by atoms with Gasteiger partial charge in [-0.1, -0.05) is 31.0 Å². The Kier molecular flexibility index (Phi) is 7.37. The summed E-state index contributed by atoms with van der Waals surface area (Å²) in [4.78, 5) is 40.7. The largest absolute Gasteiger partial charge is 0.342 e. The fraction of sp³-hybridized carbons (Fsp3) is 0.423. The van der Waals surface area contributed by atoms with Gasteiger partial charge in [-0.2, -0.15) is 0 Å². The quantitative estimate of drug-likeness (QED) is 0.697. The number of piperidine rings is 1. The minimum absolute atomic E-state index is 0.106. The minimum atomic E-state index is -0.758. The van der Waals surface area contributed by atoms with E-state index in [1.165, 1.54) is 24.3 Å². The van der Waals surface area contributed by atoms with E-state index in [1.807, 2.05) is 23.1 Å². The molecule has 1 saturated carbocycles.